The Morgan fingerprint density at radius 2 is 2.09 bits per heavy atom. The van der Waals surface area contributed by atoms with E-state index in [1.54, 1.807) is 16.0 Å². The predicted molar refractivity (Wildman–Crippen MR) is 86.8 cm³/mol. The van der Waals surface area contributed by atoms with E-state index in [-0.39, 0.29) is 11.7 Å². The zero-order chi connectivity index (χ0) is 16.2. The molecule has 0 spiro atoms. The molecule has 2 heterocycles. The van der Waals surface area contributed by atoms with Crippen LogP contribution >= 0.6 is 11.3 Å². The summed E-state index contributed by atoms with van der Waals surface area (Å²) in [5.74, 6) is -0.587. The summed E-state index contributed by atoms with van der Waals surface area (Å²) in [5, 5.41) is 10.1. The van der Waals surface area contributed by atoms with Gasteiger partial charge in [0.05, 0.1) is 6.54 Å². The van der Waals surface area contributed by atoms with Crippen molar-refractivity contribution in [3.8, 4) is 10.7 Å². The molecular weight excluding hydrogens is 315 g/mol. The molecule has 1 N–H and O–H groups in total. The first-order valence-electron chi connectivity index (χ1n) is 7.11. The van der Waals surface area contributed by atoms with E-state index in [9.17, 15) is 9.18 Å². The molecule has 7 heteroatoms. The van der Waals surface area contributed by atoms with Crippen LogP contribution in [0.1, 0.15) is 16.1 Å². The zero-order valence-electron chi connectivity index (χ0n) is 12.5. The van der Waals surface area contributed by atoms with Crippen LogP contribution in [0.15, 0.2) is 41.9 Å². The van der Waals surface area contributed by atoms with Crippen molar-refractivity contribution < 1.29 is 9.18 Å². The molecule has 0 saturated carbocycles. The van der Waals surface area contributed by atoms with Gasteiger partial charge in [0.1, 0.15) is 16.5 Å². The van der Waals surface area contributed by atoms with E-state index in [0.29, 0.717) is 18.7 Å². The molecule has 3 aromatic rings. The Kier molecular flexibility index (Phi) is 4.47. The summed E-state index contributed by atoms with van der Waals surface area (Å²) in [7, 11) is 0. The molecular formula is C16H15FN4OS. The number of nitrogens with zero attached hydrogens (tertiary/aromatic N) is 3. The van der Waals surface area contributed by atoms with Crippen molar-refractivity contribution in [1.29, 1.82) is 0 Å². The number of rotatable bonds is 5. The van der Waals surface area contributed by atoms with Gasteiger partial charge in [-0.2, -0.15) is 5.10 Å². The van der Waals surface area contributed by atoms with Crippen molar-refractivity contribution in [3.63, 3.8) is 0 Å². The number of halogens is 1. The van der Waals surface area contributed by atoms with Gasteiger partial charge in [0.2, 0.25) is 0 Å². The second-order valence-electron chi connectivity index (χ2n) is 5.02. The van der Waals surface area contributed by atoms with Gasteiger partial charge in [-0.1, -0.05) is 0 Å². The molecule has 0 radical (unpaired) electrons. The van der Waals surface area contributed by atoms with Crippen LogP contribution in [-0.4, -0.2) is 27.2 Å². The first-order valence-corrected chi connectivity index (χ1v) is 7.99. The molecule has 0 bridgehead atoms. The van der Waals surface area contributed by atoms with Gasteiger partial charge in [-0.25, -0.2) is 9.37 Å². The summed E-state index contributed by atoms with van der Waals surface area (Å²) in [5.41, 5.74) is 2.24. The van der Waals surface area contributed by atoms with Gasteiger partial charge < -0.3 is 5.32 Å². The third-order valence-corrected chi connectivity index (χ3v) is 4.19. The van der Waals surface area contributed by atoms with Crippen molar-refractivity contribution in [2.75, 3.05) is 6.54 Å². The highest BCUT2D eigenvalue weighted by Crippen LogP contribution is 2.21. The number of benzene rings is 1. The van der Waals surface area contributed by atoms with Crippen LogP contribution in [0.3, 0.4) is 0 Å². The molecule has 5 nitrogen and oxygen atoms in total. The minimum Gasteiger partial charge on any atom is -0.350 e. The van der Waals surface area contributed by atoms with E-state index in [4.69, 9.17) is 0 Å². The fourth-order valence-corrected chi connectivity index (χ4v) is 2.82. The van der Waals surface area contributed by atoms with E-state index in [1.807, 2.05) is 24.6 Å². The molecule has 0 fully saturated rings. The lowest BCUT2D eigenvalue weighted by Crippen LogP contribution is -2.27. The second-order valence-corrected chi connectivity index (χ2v) is 5.88. The first-order chi connectivity index (χ1) is 11.1. The third kappa shape index (κ3) is 3.81. The average molecular weight is 330 g/mol. The van der Waals surface area contributed by atoms with Gasteiger partial charge in [-0.15, -0.1) is 11.3 Å². The van der Waals surface area contributed by atoms with Crippen molar-refractivity contribution in [2.24, 2.45) is 0 Å². The zero-order valence-corrected chi connectivity index (χ0v) is 13.3. The average Bonchev–Trinajstić information content (AvgIpc) is 3.17. The molecule has 3 rings (SSSR count). The summed E-state index contributed by atoms with van der Waals surface area (Å²) in [6.07, 6.45) is 1.86. The SMILES string of the molecule is Cc1csc(-c2ccn(CCNC(=O)c3ccc(F)cc3)n2)n1. The summed E-state index contributed by atoms with van der Waals surface area (Å²) in [6.45, 7) is 2.94. The van der Waals surface area contributed by atoms with Crippen LogP contribution in [0.5, 0.6) is 0 Å². The Balaban J connectivity index is 1.54. The molecule has 23 heavy (non-hydrogen) atoms. The number of amides is 1. The minimum absolute atomic E-state index is 0.229. The van der Waals surface area contributed by atoms with E-state index in [2.05, 4.69) is 15.4 Å². The number of carbonyl (C=O) groups is 1. The fraction of sp³-hybridized carbons (Fsp3) is 0.188. The van der Waals surface area contributed by atoms with Crippen LogP contribution in [0, 0.1) is 12.7 Å². The highest BCUT2D eigenvalue weighted by Gasteiger charge is 2.07. The Morgan fingerprint density at radius 3 is 2.78 bits per heavy atom. The van der Waals surface area contributed by atoms with E-state index < -0.39 is 0 Å². The topological polar surface area (TPSA) is 59.8 Å². The van der Waals surface area contributed by atoms with Crippen LogP contribution in [0.25, 0.3) is 10.7 Å². The largest absolute Gasteiger partial charge is 0.350 e. The lowest BCUT2D eigenvalue weighted by atomic mass is 10.2. The van der Waals surface area contributed by atoms with Gasteiger partial charge in [0.15, 0.2) is 0 Å². The van der Waals surface area contributed by atoms with Crippen LogP contribution in [-0.2, 0) is 6.54 Å². The lowest BCUT2D eigenvalue weighted by Gasteiger charge is -2.05. The highest BCUT2D eigenvalue weighted by molar-refractivity contribution is 7.13. The van der Waals surface area contributed by atoms with Crippen LogP contribution < -0.4 is 5.32 Å². The number of hydrogen-bond donors (Lipinski definition) is 1. The maximum Gasteiger partial charge on any atom is 0.251 e. The Labute approximate surface area is 136 Å². The number of aryl methyl sites for hydroxylation is 1. The van der Waals surface area contributed by atoms with Crippen molar-refractivity contribution in [2.45, 2.75) is 13.5 Å². The predicted octanol–water partition coefficient (Wildman–Crippen LogP) is 2.88. The summed E-state index contributed by atoms with van der Waals surface area (Å²) >= 11 is 1.56. The van der Waals surface area contributed by atoms with Gasteiger partial charge in [0.25, 0.3) is 5.91 Å². The number of carbonyl (C=O) groups excluding carboxylic acids is 1. The fourth-order valence-electron chi connectivity index (χ4n) is 2.06. The molecule has 0 aliphatic heterocycles. The molecule has 2 aromatic heterocycles. The quantitative estimate of drug-likeness (QED) is 0.782. The number of nitrogens with one attached hydrogen (secondary N) is 1. The number of aromatic nitrogens is 3. The first kappa shape index (κ1) is 15.4. The summed E-state index contributed by atoms with van der Waals surface area (Å²) < 4.78 is 14.6. The number of hydrogen-bond acceptors (Lipinski definition) is 4. The minimum atomic E-state index is -0.358. The second kappa shape index (κ2) is 6.70. The normalized spacial score (nSPS) is 10.7. The summed E-state index contributed by atoms with van der Waals surface area (Å²) in [6, 6.07) is 7.36. The Morgan fingerprint density at radius 1 is 1.30 bits per heavy atom. The van der Waals surface area contributed by atoms with Crippen molar-refractivity contribution in [3.05, 3.63) is 59.0 Å². The molecule has 1 aromatic carbocycles. The third-order valence-electron chi connectivity index (χ3n) is 3.21. The maximum atomic E-state index is 12.8. The molecule has 0 aliphatic carbocycles. The molecule has 0 saturated heterocycles. The molecule has 1 amide bonds. The van der Waals surface area contributed by atoms with Gasteiger partial charge in [-0.05, 0) is 37.3 Å². The van der Waals surface area contributed by atoms with E-state index in [1.165, 1.54) is 24.3 Å². The monoisotopic (exact) mass is 330 g/mol. The van der Waals surface area contributed by atoms with Crippen molar-refractivity contribution in [1.82, 2.24) is 20.1 Å². The van der Waals surface area contributed by atoms with Crippen molar-refractivity contribution >= 4 is 17.2 Å². The Bertz CT molecular complexity index is 810. The lowest BCUT2D eigenvalue weighted by molar-refractivity contribution is 0.0952. The van der Waals surface area contributed by atoms with Crippen LogP contribution in [0.4, 0.5) is 4.39 Å². The molecule has 0 atom stereocenters. The van der Waals surface area contributed by atoms with Gasteiger partial charge in [-0.3, -0.25) is 9.48 Å². The van der Waals surface area contributed by atoms with Gasteiger partial charge >= 0.3 is 0 Å². The van der Waals surface area contributed by atoms with Crippen LogP contribution in [0.2, 0.25) is 0 Å². The Hall–Kier alpha value is -2.54. The summed E-state index contributed by atoms with van der Waals surface area (Å²) in [4.78, 5) is 16.3. The standard InChI is InChI=1S/C16H15FN4OS/c1-11-10-23-16(19-11)14-6-8-21(20-14)9-7-18-15(22)12-2-4-13(17)5-3-12/h2-6,8,10H,7,9H2,1H3,(H,18,22). The molecule has 0 unspecified atom stereocenters. The maximum absolute atomic E-state index is 12.8. The van der Waals surface area contributed by atoms with E-state index >= 15 is 0 Å². The smallest absolute Gasteiger partial charge is 0.251 e. The van der Waals surface area contributed by atoms with Gasteiger partial charge in [0, 0.05) is 29.4 Å². The highest BCUT2D eigenvalue weighted by atomic mass is 32.1. The molecule has 0 aliphatic rings. The van der Waals surface area contributed by atoms with E-state index in [0.717, 1.165) is 16.4 Å². The molecule has 118 valence electrons. The number of thiazole rings is 1.